The van der Waals surface area contributed by atoms with Crippen LogP contribution in [-0.4, -0.2) is 19.3 Å². The Hall–Kier alpha value is -0.120. The van der Waals surface area contributed by atoms with Crippen molar-refractivity contribution in [1.82, 2.24) is 5.43 Å². The molecule has 0 radical (unpaired) electrons. The van der Waals surface area contributed by atoms with Gasteiger partial charge in [0.05, 0.1) is 0 Å². The first-order valence-electron chi connectivity index (χ1n) is 5.80. The van der Waals surface area contributed by atoms with Gasteiger partial charge >= 0.3 is 0 Å². The van der Waals surface area contributed by atoms with Gasteiger partial charge in [0.1, 0.15) is 0 Å². The first-order valence-corrected chi connectivity index (χ1v) is 5.80. The minimum Gasteiger partial charge on any atom is -0.381 e. The normalized spacial score (nSPS) is 15.4. The summed E-state index contributed by atoms with van der Waals surface area (Å²) in [6.45, 7) is 8.25. The van der Waals surface area contributed by atoms with Gasteiger partial charge < -0.3 is 4.74 Å². The van der Waals surface area contributed by atoms with Gasteiger partial charge in [-0.3, -0.25) is 11.3 Å². The Balaban J connectivity index is 3.56. The number of nitrogens with two attached hydrogens (primary N) is 1. The fourth-order valence-corrected chi connectivity index (χ4v) is 1.65. The van der Waals surface area contributed by atoms with Crippen LogP contribution < -0.4 is 11.3 Å². The maximum atomic E-state index is 5.51. The van der Waals surface area contributed by atoms with Gasteiger partial charge in [0, 0.05) is 19.3 Å². The summed E-state index contributed by atoms with van der Waals surface area (Å²) in [5.74, 6) is 6.15. The predicted octanol–water partition coefficient (Wildman–Crippen LogP) is 2.07. The lowest BCUT2D eigenvalue weighted by Gasteiger charge is -2.22. The van der Waals surface area contributed by atoms with E-state index in [9.17, 15) is 0 Å². The molecule has 0 bridgehead atoms. The molecule has 3 heteroatoms. The molecule has 0 aliphatic carbocycles. The molecule has 0 aromatic carbocycles. The summed E-state index contributed by atoms with van der Waals surface area (Å²) in [5, 5.41) is 0. The Morgan fingerprint density at radius 2 is 1.86 bits per heavy atom. The molecule has 0 amide bonds. The summed E-state index contributed by atoms with van der Waals surface area (Å²) < 4.78 is 5.45. The van der Waals surface area contributed by atoms with Crippen LogP contribution in [0.4, 0.5) is 0 Å². The summed E-state index contributed by atoms with van der Waals surface area (Å²) in [7, 11) is 0. The smallest absolute Gasteiger partial charge is 0.0481 e. The molecule has 3 N–H and O–H groups in total. The maximum absolute atomic E-state index is 5.51. The van der Waals surface area contributed by atoms with Gasteiger partial charge in [0.2, 0.25) is 0 Å². The predicted molar refractivity (Wildman–Crippen MR) is 60.9 cm³/mol. The second kappa shape index (κ2) is 9.44. The van der Waals surface area contributed by atoms with E-state index in [4.69, 9.17) is 10.6 Å². The van der Waals surface area contributed by atoms with Crippen LogP contribution in [0.5, 0.6) is 0 Å². The minimum absolute atomic E-state index is 0.395. The third kappa shape index (κ3) is 6.35. The Morgan fingerprint density at radius 1 is 1.14 bits per heavy atom. The zero-order valence-electron chi connectivity index (χ0n) is 9.88. The largest absolute Gasteiger partial charge is 0.381 e. The van der Waals surface area contributed by atoms with Crippen molar-refractivity contribution in [2.45, 2.75) is 52.5 Å². The van der Waals surface area contributed by atoms with Crippen LogP contribution in [0.1, 0.15) is 46.5 Å². The number of nitrogens with one attached hydrogen (secondary N) is 1. The average Bonchev–Trinajstić information content (AvgIpc) is 2.18. The lowest BCUT2D eigenvalue weighted by molar-refractivity contribution is 0.117. The van der Waals surface area contributed by atoms with Crippen LogP contribution in [0.25, 0.3) is 0 Å². The summed E-state index contributed by atoms with van der Waals surface area (Å²) in [6.07, 6.45) is 4.54. The van der Waals surface area contributed by atoms with Crippen LogP contribution >= 0.6 is 0 Å². The molecule has 0 saturated carbocycles. The Labute approximate surface area is 88.4 Å². The molecule has 0 rings (SSSR count). The highest BCUT2D eigenvalue weighted by Crippen LogP contribution is 2.12. The third-order valence-corrected chi connectivity index (χ3v) is 2.57. The van der Waals surface area contributed by atoms with Gasteiger partial charge in [-0.2, -0.15) is 0 Å². The molecule has 0 aromatic rings. The number of hydrazine groups is 1. The van der Waals surface area contributed by atoms with E-state index in [-0.39, 0.29) is 0 Å². The van der Waals surface area contributed by atoms with Crippen LogP contribution in [0.15, 0.2) is 0 Å². The van der Waals surface area contributed by atoms with E-state index in [1.807, 2.05) is 0 Å². The standard InChI is InChI=1S/C11H26N2O/c1-4-6-10(3)11(13-12)7-9-14-8-5-2/h10-11,13H,4-9,12H2,1-3H3. The molecular formula is C11H26N2O. The van der Waals surface area contributed by atoms with E-state index in [0.717, 1.165) is 26.1 Å². The van der Waals surface area contributed by atoms with Crippen LogP contribution in [-0.2, 0) is 4.74 Å². The molecular weight excluding hydrogens is 176 g/mol. The Bertz CT molecular complexity index is 120. The molecule has 86 valence electrons. The molecule has 0 heterocycles. The molecule has 3 nitrogen and oxygen atoms in total. The highest BCUT2D eigenvalue weighted by molar-refractivity contribution is 4.70. The van der Waals surface area contributed by atoms with Gasteiger partial charge in [-0.05, 0) is 25.2 Å². The van der Waals surface area contributed by atoms with E-state index in [1.54, 1.807) is 0 Å². The van der Waals surface area contributed by atoms with Gasteiger partial charge in [0.25, 0.3) is 0 Å². The van der Waals surface area contributed by atoms with Crippen molar-refractivity contribution in [1.29, 1.82) is 0 Å². The van der Waals surface area contributed by atoms with E-state index in [0.29, 0.717) is 12.0 Å². The fourth-order valence-electron chi connectivity index (χ4n) is 1.65. The van der Waals surface area contributed by atoms with Crippen molar-refractivity contribution in [2.75, 3.05) is 13.2 Å². The van der Waals surface area contributed by atoms with Crippen molar-refractivity contribution in [3.05, 3.63) is 0 Å². The number of ether oxygens (including phenoxy) is 1. The zero-order valence-corrected chi connectivity index (χ0v) is 9.88. The molecule has 0 fully saturated rings. The van der Waals surface area contributed by atoms with Crippen LogP contribution in [0.2, 0.25) is 0 Å². The van der Waals surface area contributed by atoms with Crippen LogP contribution in [0, 0.1) is 5.92 Å². The quantitative estimate of drug-likeness (QED) is 0.342. The first kappa shape index (κ1) is 13.9. The summed E-state index contributed by atoms with van der Waals surface area (Å²) >= 11 is 0. The van der Waals surface area contributed by atoms with Crippen molar-refractivity contribution >= 4 is 0 Å². The van der Waals surface area contributed by atoms with Crippen molar-refractivity contribution in [3.63, 3.8) is 0 Å². The maximum Gasteiger partial charge on any atom is 0.0481 e. The first-order chi connectivity index (χ1) is 6.76. The number of rotatable bonds is 9. The molecule has 0 aliphatic heterocycles. The lowest BCUT2D eigenvalue weighted by Crippen LogP contribution is -2.40. The van der Waals surface area contributed by atoms with Crippen molar-refractivity contribution < 1.29 is 4.74 Å². The topological polar surface area (TPSA) is 47.3 Å². The lowest BCUT2D eigenvalue weighted by atomic mass is 9.95. The highest BCUT2D eigenvalue weighted by Gasteiger charge is 2.14. The van der Waals surface area contributed by atoms with Gasteiger partial charge in [-0.15, -0.1) is 0 Å². The summed E-state index contributed by atoms with van der Waals surface area (Å²) in [5.41, 5.74) is 2.88. The number of hydrogen-bond donors (Lipinski definition) is 2. The van der Waals surface area contributed by atoms with Crippen LogP contribution in [0.3, 0.4) is 0 Å². The SMILES string of the molecule is CCCOCCC(NN)C(C)CCC. The molecule has 0 saturated heterocycles. The average molecular weight is 202 g/mol. The second-order valence-electron chi connectivity index (χ2n) is 3.94. The van der Waals surface area contributed by atoms with Gasteiger partial charge in [-0.1, -0.05) is 27.2 Å². The van der Waals surface area contributed by atoms with E-state index in [2.05, 4.69) is 26.2 Å². The monoisotopic (exact) mass is 202 g/mol. The molecule has 0 aliphatic rings. The molecule has 0 spiro atoms. The van der Waals surface area contributed by atoms with E-state index in [1.165, 1.54) is 12.8 Å². The summed E-state index contributed by atoms with van der Waals surface area (Å²) in [4.78, 5) is 0. The van der Waals surface area contributed by atoms with E-state index >= 15 is 0 Å². The fraction of sp³-hybridized carbons (Fsp3) is 1.00. The van der Waals surface area contributed by atoms with Gasteiger partial charge in [-0.25, -0.2) is 0 Å². The number of hydrogen-bond acceptors (Lipinski definition) is 3. The molecule has 0 aromatic heterocycles. The zero-order chi connectivity index (χ0) is 10.8. The van der Waals surface area contributed by atoms with Crippen molar-refractivity contribution in [2.24, 2.45) is 11.8 Å². The molecule has 2 atom stereocenters. The Morgan fingerprint density at radius 3 is 2.36 bits per heavy atom. The Kier molecular flexibility index (Phi) is 9.35. The van der Waals surface area contributed by atoms with E-state index < -0.39 is 0 Å². The second-order valence-corrected chi connectivity index (χ2v) is 3.94. The van der Waals surface area contributed by atoms with Gasteiger partial charge in [0.15, 0.2) is 0 Å². The molecule has 14 heavy (non-hydrogen) atoms. The summed E-state index contributed by atoms with van der Waals surface area (Å²) in [6, 6.07) is 0.395. The van der Waals surface area contributed by atoms with Crippen molar-refractivity contribution in [3.8, 4) is 0 Å². The highest BCUT2D eigenvalue weighted by atomic mass is 16.5. The molecule has 2 unspecified atom stereocenters. The third-order valence-electron chi connectivity index (χ3n) is 2.57. The minimum atomic E-state index is 0.395.